The number of nitrogens with zero attached hydrogens (tertiary/aromatic N) is 3. The Morgan fingerprint density at radius 2 is 2.03 bits per heavy atom. The van der Waals surface area contributed by atoms with Crippen LogP contribution in [-0.4, -0.2) is 63.5 Å². The molecule has 0 bridgehead atoms. The van der Waals surface area contributed by atoms with Crippen LogP contribution in [0.15, 0.2) is 24.5 Å². The molecule has 1 saturated carbocycles. The fourth-order valence-corrected chi connectivity index (χ4v) is 5.82. The summed E-state index contributed by atoms with van der Waals surface area (Å²) in [5, 5.41) is 22.1. The fraction of sp³-hybridized carbons (Fsp3) is 0.577. The van der Waals surface area contributed by atoms with Gasteiger partial charge in [-0.25, -0.2) is 4.98 Å². The minimum Gasteiger partial charge on any atom is -0.394 e. The average molecular weight is 511 g/mol. The van der Waals surface area contributed by atoms with Crippen molar-refractivity contribution in [3.63, 3.8) is 0 Å². The standard InChI is InChI=1S/C26H34N6O5/c1-16-2-4-17(5-3-16)22(31-23(34)20-6-9-28-32(20)10-11-33)24(35)30-21-14-19-18(15-27-21)26(25(36)29-19)7-12-37-13-8-26/h6,9,14-17,22,33H,2-5,7-8,10-13H2,1H3,(H,29,36)(H,31,34)(H,27,30,35)/t16-,17-,22-/m0/s1. The Hall–Kier alpha value is -3.31. The van der Waals surface area contributed by atoms with E-state index in [1.54, 1.807) is 18.3 Å². The highest BCUT2D eigenvalue weighted by molar-refractivity contribution is 6.07. The van der Waals surface area contributed by atoms with Gasteiger partial charge in [0, 0.05) is 37.2 Å². The number of pyridine rings is 1. The first-order valence-electron chi connectivity index (χ1n) is 13.1. The molecule has 2 aromatic rings. The van der Waals surface area contributed by atoms with Crippen molar-refractivity contribution in [1.82, 2.24) is 20.1 Å². The first-order valence-corrected chi connectivity index (χ1v) is 13.1. The highest BCUT2D eigenvalue weighted by Gasteiger charge is 2.48. The van der Waals surface area contributed by atoms with Gasteiger partial charge in [0.2, 0.25) is 11.8 Å². The third kappa shape index (κ3) is 4.97. The molecule has 0 unspecified atom stereocenters. The summed E-state index contributed by atoms with van der Waals surface area (Å²) in [6.45, 7) is 3.27. The third-order valence-electron chi connectivity index (χ3n) is 8.06. The maximum Gasteiger partial charge on any atom is 0.270 e. The molecule has 2 aliphatic heterocycles. The van der Waals surface area contributed by atoms with E-state index in [0.29, 0.717) is 43.5 Å². The van der Waals surface area contributed by atoms with Gasteiger partial charge in [-0.15, -0.1) is 0 Å². The Morgan fingerprint density at radius 3 is 2.76 bits per heavy atom. The van der Waals surface area contributed by atoms with Crippen molar-refractivity contribution in [3.05, 3.63) is 35.8 Å². The molecule has 1 aliphatic carbocycles. The number of amides is 3. The molecule has 3 amide bonds. The summed E-state index contributed by atoms with van der Waals surface area (Å²) in [5.74, 6) is 0.0631. The predicted octanol–water partition coefficient (Wildman–Crippen LogP) is 1.83. The van der Waals surface area contributed by atoms with Gasteiger partial charge in [-0.05, 0) is 43.6 Å². The van der Waals surface area contributed by atoms with Gasteiger partial charge in [0.15, 0.2) is 0 Å². The van der Waals surface area contributed by atoms with Crippen LogP contribution in [0.2, 0.25) is 0 Å². The van der Waals surface area contributed by atoms with Crippen LogP contribution in [0.5, 0.6) is 0 Å². The zero-order valence-electron chi connectivity index (χ0n) is 21.0. The number of anilines is 2. The lowest BCUT2D eigenvalue weighted by molar-refractivity contribution is -0.124. The zero-order valence-corrected chi connectivity index (χ0v) is 21.0. The van der Waals surface area contributed by atoms with E-state index in [4.69, 9.17) is 4.74 Å². The molecule has 11 heteroatoms. The number of hydrogen-bond acceptors (Lipinski definition) is 7. The number of nitrogens with one attached hydrogen (secondary N) is 3. The molecule has 1 saturated heterocycles. The maximum atomic E-state index is 13.5. The summed E-state index contributed by atoms with van der Waals surface area (Å²) in [4.78, 5) is 44.0. The molecule has 198 valence electrons. The van der Waals surface area contributed by atoms with Crippen LogP contribution < -0.4 is 16.0 Å². The summed E-state index contributed by atoms with van der Waals surface area (Å²) in [6.07, 6.45) is 7.98. The van der Waals surface area contributed by atoms with Crippen molar-refractivity contribution in [2.75, 3.05) is 30.5 Å². The lowest BCUT2D eigenvalue weighted by Gasteiger charge is -2.32. The Morgan fingerprint density at radius 1 is 1.27 bits per heavy atom. The molecule has 5 rings (SSSR count). The number of rotatable bonds is 7. The molecule has 3 aliphatic rings. The van der Waals surface area contributed by atoms with Crippen molar-refractivity contribution in [2.24, 2.45) is 11.8 Å². The second-order valence-corrected chi connectivity index (χ2v) is 10.4. The molecule has 11 nitrogen and oxygen atoms in total. The number of ether oxygens (including phenoxy) is 1. The number of fused-ring (bicyclic) bond motifs is 2. The summed E-state index contributed by atoms with van der Waals surface area (Å²) in [6, 6.07) is 2.50. The molecule has 0 aromatic carbocycles. The Bertz CT molecular complexity index is 1170. The van der Waals surface area contributed by atoms with Gasteiger partial charge in [0.25, 0.3) is 5.91 Å². The van der Waals surface area contributed by atoms with E-state index in [-0.39, 0.29) is 36.6 Å². The Labute approximate surface area is 215 Å². The quantitative estimate of drug-likeness (QED) is 0.444. The summed E-state index contributed by atoms with van der Waals surface area (Å²) < 4.78 is 6.88. The number of carbonyl (C=O) groups excluding carboxylic acids is 3. The molecule has 37 heavy (non-hydrogen) atoms. The molecular weight excluding hydrogens is 476 g/mol. The van der Waals surface area contributed by atoms with E-state index >= 15 is 0 Å². The second-order valence-electron chi connectivity index (χ2n) is 10.4. The molecule has 4 N–H and O–H groups in total. The first-order chi connectivity index (χ1) is 17.9. The van der Waals surface area contributed by atoms with E-state index < -0.39 is 17.4 Å². The summed E-state index contributed by atoms with van der Waals surface area (Å²) in [7, 11) is 0. The van der Waals surface area contributed by atoms with Crippen LogP contribution in [0, 0.1) is 11.8 Å². The molecule has 4 heterocycles. The lowest BCUT2D eigenvalue weighted by Crippen LogP contribution is -2.49. The van der Waals surface area contributed by atoms with Gasteiger partial charge in [-0.1, -0.05) is 19.8 Å². The largest absolute Gasteiger partial charge is 0.394 e. The van der Waals surface area contributed by atoms with Crippen molar-refractivity contribution in [3.8, 4) is 0 Å². The molecule has 1 atom stereocenters. The van der Waals surface area contributed by atoms with E-state index in [9.17, 15) is 19.5 Å². The topological polar surface area (TPSA) is 147 Å². The molecule has 2 fully saturated rings. The monoisotopic (exact) mass is 510 g/mol. The van der Waals surface area contributed by atoms with Gasteiger partial charge in [0.05, 0.1) is 24.3 Å². The molecule has 2 aromatic heterocycles. The maximum absolute atomic E-state index is 13.5. The highest BCUT2D eigenvalue weighted by atomic mass is 16.5. The van der Waals surface area contributed by atoms with E-state index in [2.05, 4.69) is 33.0 Å². The van der Waals surface area contributed by atoms with Gasteiger partial charge >= 0.3 is 0 Å². The van der Waals surface area contributed by atoms with E-state index in [1.807, 2.05) is 0 Å². The fourth-order valence-electron chi connectivity index (χ4n) is 5.82. The number of aliphatic hydroxyl groups is 1. The Kier molecular flexibility index (Phi) is 7.25. The van der Waals surface area contributed by atoms with Crippen LogP contribution in [0.1, 0.15) is 61.5 Å². The van der Waals surface area contributed by atoms with Crippen LogP contribution >= 0.6 is 0 Å². The SMILES string of the molecule is C[C@H]1CC[C@H]([C@H](NC(=O)c2ccnn2CCO)C(=O)Nc2cc3c(cn2)C2(CCOCC2)C(=O)N3)CC1. The van der Waals surface area contributed by atoms with Crippen LogP contribution in [-0.2, 0) is 26.3 Å². The minimum atomic E-state index is -0.760. The van der Waals surface area contributed by atoms with Crippen molar-refractivity contribution < 1.29 is 24.2 Å². The second kappa shape index (κ2) is 10.6. The van der Waals surface area contributed by atoms with Crippen LogP contribution in [0.4, 0.5) is 11.5 Å². The van der Waals surface area contributed by atoms with Gasteiger partial charge in [-0.2, -0.15) is 5.10 Å². The van der Waals surface area contributed by atoms with Gasteiger partial charge in [0.1, 0.15) is 17.6 Å². The highest BCUT2D eigenvalue weighted by Crippen LogP contribution is 2.44. The normalized spacial score (nSPS) is 23.2. The predicted molar refractivity (Wildman–Crippen MR) is 135 cm³/mol. The number of aromatic nitrogens is 3. The number of hydrogen-bond donors (Lipinski definition) is 4. The van der Waals surface area contributed by atoms with Crippen LogP contribution in [0.25, 0.3) is 0 Å². The molecule has 1 spiro atoms. The molecular formula is C26H34N6O5. The van der Waals surface area contributed by atoms with Crippen molar-refractivity contribution in [2.45, 2.75) is 63.5 Å². The minimum absolute atomic E-state index is 0.0194. The number of carbonyl (C=O) groups is 3. The lowest BCUT2D eigenvalue weighted by atomic mass is 9.76. The average Bonchev–Trinajstić information content (AvgIpc) is 3.46. The van der Waals surface area contributed by atoms with E-state index in [0.717, 1.165) is 31.2 Å². The van der Waals surface area contributed by atoms with Gasteiger partial charge in [-0.3, -0.25) is 19.1 Å². The Balaban J connectivity index is 1.35. The molecule has 0 radical (unpaired) electrons. The zero-order chi connectivity index (χ0) is 26.0. The summed E-state index contributed by atoms with van der Waals surface area (Å²) in [5.41, 5.74) is 1.14. The summed E-state index contributed by atoms with van der Waals surface area (Å²) >= 11 is 0. The number of aliphatic hydroxyl groups excluding tert-OH is 1. The van der Waals surface area contributed by atoms with Crippen molar-refractivity contribution >= 4 is 29.2 Å². The van der Waals surface area contributed by atoms with Gasteiger partial charge < -0.3 is 25.8 Å². The van der Waals surface area contributed by atoms with Crippen LogP contribution in [0.3, 0.4) is 0 Å². The first kappa shape index (κ1) is 25.3. The smallest absolute Gasteiger partial charge is 0.270 e. The van der Waals surface area contributed by atoms with Crippen molar-refractivity contribution in [1.29, 1.82) is 0 Å². The third-order valence-corrected chi connectivity index (χ3v) is 8.06. The van der Waals surface area contributed by atoms with E-state index in [1.165, 1.54) is 10.9 Å².